The molecule has 1 amide bonds. The molecule has 0 atom stereocenters. The summed E-state index contributed by atoms with van der Waals surface area (Å²) in [6, 6.07) is 13.9. The van der Waals surface area contributed by atoms with Crippen LogP contribution in [0.1, 0.15) is 18.4 Å². The molecule has 1 aliphatic heterocycles. The number of ether oxygens (including phenoxy) is 1. The van der Waals surface area contributed by atoms with Crippen LogP contribution in [0.4, 0.5) is 0 Å². The Kier molecular flexibility index (Phi) is 7.16. The average molecular weight is 437 g/mol. The molecule has 1 fully saturated rings. The van der Waals surface area contributed by atoms with Crippen LogP contribution in [-0.2, 0) is 14.8 Å². The standard InChI is InChI=1S/C21H25ClN2O4S/c1-16-3-2-4-19(15-16)28-14-11-23-21(25)17-9-12-24(13-10-17)29(26,27)20-7-5-18(22)6-8-20/h2-8,15,17H,9-14H2,1H3,(H,23,25). The Balaban J connectivity index is 1.44. The highest BCUT2D eigenvalue weighted by atomic mass is 35.5. The van der Waals surface area contributed by atoms with Crippen molar-refractivity contribution in [3.8, 4) is 5.75 Å². The van der Waals surface area contributed by atoms with E-state index in [9.17, 15) is 13.2 Å². The molecule has 2 aromatic carbocycles. The predicted octanol–water partition coefficient (Wildman–Crippen LogP) is 3.24. The van der Waals surface area contributed by atoms with Crippen LogP contribution in [0, 0.1) is 12.8 Å². The van der Waals surface area contributed by atoms with Crippen LogP contribution in [0.25, 0.3) is 0 Å². The number of halogens is 1. The van der Waals surface area contributed by atoms with Crippen LogP contribution in [0.5, 0.6) is 5.75 Å². The maximum Gasteiger partial charge on any atom is 0.243 e. The molecule has 2 aromatic rings. The van der Waals surface area contributed by atoms with Gasteiger partial charge in [-0.25, -0.2) is 8.42 Å². The third kappa shape index (κ3) is 5.72. The smallest absolute Gasteiger partial charge is 0.243 e. The number of hydrogen-bond donors (Lipinski definition) is 1. The van der Waals surface area contributed by atoms with E-state index in [0.29, 0.717) is 44.1 Å². The maximum atomic E-state index is 12.7. The van der Waals surface area contributed by atoms with Crippen molar-refractivity contribution in [2.45, 2.75) is 24.7 Å². The van der Waals surface area contributed by atoms with E-state index in [1.165, 1.54) is 16.4 Å². The first-order valence-corrected chi connectivity index (χ1v) is 11.4. The molecule has 0 unspecified atom stereocenters. The number of sulfonamides is 1. The van der Waals surface area contributed by atoms with Gasteiger partial charge in [0.05, 0.1) is 11.4 Å². The fraction of sp³-hybridized carbons (Fsp3) is 0.381. The lowest BCUT2D eigenvalue weighted by Gasteiger charge is -2.30. The molecule has 0 spiro atoms. The third-order valence-corrected chi connectivity index (χ3v) is 7.10. The maximum absolute atomic E-state index is 12.7. The predicted molar refractivity (Wildman–Crippen MR) is 113 cm³/mol. The first kappa shape index (κ1) is 21.6. The Morgan fingerprint density at radius 2 is 1.86 bits per heavy atom. The molecule has 1 aliphatic rings. The van der Waals surface area contributed by atoms with Crippen molar-refractivity contribution in [1.82, 2.24) is 9.62 Å². The Morgan fingerprint density at radius 1 is 1.17 bits per heavy atom. The van der Waals surface area contributed by atoms with E-state index < -0.39 is 10.0 Å². The summed E-state index contributed by atoms with van der Waals surface area (Å²) >= 11 is 5.83. The number of aryl methyl sites for hydroxylation is 1. The lowest BCUT2D eigenvalue weighted by atomic mass is 9.97. The topological polar surface area (TPSA) is 75.7 Å². The third-order valence-electron chi connectivity index (χ3n) is 4.94. The lowest BCUT2D eigenvalue weighted by Crippen LogP contribution is -2.43. The van der Waals surface area contributed by atoms with Gasteiger partial charge in [-0.1, -0.05) is 23.7 Å². The van der Waals surface area contributed by atoms with Crippen molar-refractivity contribution < 1.29 is 17.9 Å². The van der Waals surface area contributed by atoms with Crippen LogP contribution in [0.3, 0.4) is 0 Å². The van der Waals surface area contributed by atoms with Gasteiger partial charge in [-0.15, -0.1) is 0 Å². The second kappa shape index (κ2) is 9.61. The molecular weight excluding hydrogens is 412 g/mol. The zero-order valence-electron chi connectivity index (χ0n) is 16.3. The van der Waals surface area contributed by atoms with Crippen molar-refractivity contribution in [2.24, 2.45) is 5.92 Å². The molecule has 1 heterocycles. The molecule has 0 bridgehead atoms. The minimum absolute atomic E-state index is 0.0543. The summed E-state index contributed by atoms with van der Waals surface area (Å²) in [5.41, 5.74) is 1.12. The summed E-state index contributed by atoms with van der Waals surface area (Å²) in [4.78, 5) is 12.6. The molecule has 29 heavy (non-hydrogen) atoms. The van der Waals surface area contributed by atoms with E-state index in [2.05, 4.69) is 5.32 Å². The molecule has 6 nitrogen and oxygen atoms in total. The number of carbonyl (C=O) groups is 1. The van der Waals surface area contributed by atoms with Crippen molar-refractivity contribution in [1.29, 1.82) is 0 Å². The molecule has 0 radical (unpaired) electrons. The van der Waals surface area contributed by atoms with E-state index in [1.807, 2.05) is 31.2 Å². The Morgan fingerprint density at radius 3 is 2.52 bits per heavy atom. The summed E-state index contributed by atoms with van der Waals surface area (Å²) in [7, 11) is -3.56. The van der Waals surface area contributed by atoms with E-state index in [1.54, 1.807) is 12.1 Å². The second-order valence-electron chi connectivity index (χ2n) is 7.09. The van der Waals surface area contributed by atoms with E-state index in [4.69, 9.17) is 16.3 Å². The van der Waals surface area contributed by atoms with E-state index in [0.717, 1.165) is 11.3 Å². The number of amides is 1. The van der Waals surface area contributed by atoms with Crippen LogP contribution in [0.2, 0.25) is 5.02 Å². The number of carbonyl (C=O) groups excluding carboxylic acids is 1. The van der Waals surface area contributed by atoms with Gasteiger partial charge in [-0.3, -0.25) is 4.79 Å². The van der Waals surface area contributed by atoms with Gasteiger partial charge in [0.1, 0.15) is 12.4 Å². The number of nitrogens with zero attached hydrogens (tertiary/aromatic N) is 1. The molecule has 3 rings (SSSR count). The highest BCUT2D eigenvalue weighted by Gasteiger charge is 2.31. The summed E-state index contributed by atoms with van der Waals surface area (Å²) in [5, 5.41) is 3.37. The summed E-state index contributed by atoms with van der Waals surface area (Å²) in [6.07, 6.45) is 0.995. The monoisotopic (exact) mass is 436 g/mol. The average Bonchev–Trinajstić information content (AvgIpc) is 2.71. The van der Waals surface area contributed by atoms with Gasteiger partial charge in [0.15, 0.2) is 0 Å². The van der Waals surface area contributed by atoms with Gasteiger partial charge in [-0.05, 0) is 61.7 Å². The van der Waals surface area contributed by atoms with E-state index in [-0.39, 0.29) is 16.7 Å². The molecular formula is C21H25ClN2O4S. The summed E-state index contributed by atoms with van der Waals surface area (Å²) < 4.78 is 32.5. The van der Waals surface area contributed by atoms with Gasteiger partial charge < -0.3 is 10.1 Å². The minimum Gasteiger partial charge on any atom is -0.492 e. The van der Waals surface area contributed by atoms with Gasteiger partial charge in [0.2, 0.25) is 15.9 Å². The Labute approximate surface area is 176 Å². The van der Waals surface area contributed by atoms with Crippen molar-refractivity contribution in [3.05, 3.63) is 59.1 Å². The van der Waals surface area contributed by atoms with Crippen LogP contribution in [0.15, 0.2) is 53.4 Å². The number of rotatable bonds is 7. The minimum atomic E-state index is -3.56. The molecule has 156 valence electrons. The molecule has 8 heteroatoms. The zero-order chi connectivity index (χ0) is 20.9. The SMILES string of the molecule is Cc1cccc(OCCNC(=O)C2CCN(S(=O)(=O)c3ccc(Cl)cc3)CC2)c1. The van der Waals surface area contributed by atoms with Gasteiger partial charge >= 0.3 is 0 Å². The largest absolute Gasteiger partial charge is 0.492 e. The first-order chi connectivity index (χ1) is 13.9. The van der Waals surface area contributed by atoms with Crippen molar-refractivity contribution >= 4 is 27.5 Å². The highest BCUT2D eigenvalue weighted by molar-refractivity contribution is 7.89. The molecule has 0 saturated carbocycles. The molecule has 0 aromatic heterocycles. The van der Waals surface area contributed by atoms with E-state index >= 15 is 0 Å². The number of hydrogen-bond acceptors (Lipinski definition) is 4. The quantitative estimate of drug-likeness (QED) is 0.676. The number of benzene rings is 2. The van der Waals surface area contributed by atoms with Crippen molar-refractivity contribution in [2.75, 3.05) is 26.2 Å². The normalized spacial score (nSPS) is 15.8. The van der Waals surface area contributed by atoms with Crippen LogP contribution in [-0.4, -0.2) is 44.9 Å². The molecule has 0 aliphatic carbocycles. The fourth-order valence-electron chi connectivity index (χ4n) is 3.31. The first-order valence-electron chi connectivity index (χ1n) is 9.59. The number of piperidine rings is 1. The van der Waals surface area contributed by atoms with Crippen LogP contribution >= 0.6 is 11.6 Å². The second-order valence-corrected chi connectivity index (χ2v) is 9.46. The lowest BCUT2D eigenvalue weighted by molar-refractivity contribution is -0.126. The van der Waals surface area contributed by atoms with Gasteiger partial charge in [0, 0.05) is 24.0 Å². The summed E-state index contributed by atoms with van der Waals surface area (Å²) in [6.45, 7) is 3.44. The van der Waals surface area contributed by atoms with Crippen LogP contribution < -0.4 is 10.1 Å². The van der Waals surface area contributed by atoms with Gasteiger partial charge in [0.25, 0.3) is 0 Å². The molecule has 1 saturated heterocycles. The number of nitrogens with one attached hydrogen (secondary N) is 1. The highest BCUT2D eigenvalue weighted by Crippen LogP contribution is 2.24. The Bertz CT molecular complexity index is 939. The Hall–Kier alpha value is -2.09. The van der Waals surface area contributed by atoms with Gasteiger partial charge in [-0.2, -0.15) is 4.31 Å². The fourth-order valence-corrected chi connectivity index (χ4v) is 4.90. The summed E-state index contributed by atoms with van der Waals surface area (Å²) in [5.74, 6) is 0.534. The van der Waals surface area contributed by atoms with Crippen molar-refractivity contribution in [3.63, 3.8) is 0 Å². The molecule has 1 N–H and O–H groups in total. The zero-order valence-corrected chi connectivity index (χ0v) is 17.9.